The summed E-state index contributed by atoms with van der Waals surface area (Å²) in [6.45, 7) is 0.228. The van der Waals surface area contributed by atoms with Crippen molar-refractivity contribution in [2.45, 2.75) is 25.3 Å². The third-order valence-electron chi connectivity index (χ3n) is 6.05. The van der Waals surface area contributed by atoms with E-state index in [4.69, 9.17) is 14.1 Å². The normalized spacial score (nSPS) is 14.1. The smallest absolute Gasteiger partial charge is 0.263 e. The van der Waals surface area contributed by atoms with Crippen molar-refractivity contribution in [3.05, 3.63) is 70.7 Å². The van der Waals surface area contributed by atoms with E-state index in [0.29, 0.717) is 27.7 Å². The molecule has 0 saturated heterocycles. The molecule has 1 aliphatic carbocycles. The molecule has 1 saturated carbocycles. The number of hydrogen-bond acceptors (Lipinski definition) is 7. The molecule has 0 spiro atoms. The van der Waals surface area contributed by atoms with Gasteiger partial charge in [-0.25, -0.2) is 9.97 Å². The minimum atomic E-state index is -0.347. The zero-order valence-electron chi connectivity index (χ0n) is 17.7. The van der Waals surface area contributed by atoms with E-state index in [-0.39, 0.29) is 20.9 Å². The van der Waals surface area contributed by atoms with Gasteiger partial charge in [0.2, 0.25) is 0 Å². The molecule has 3 heterocycles. The minimum Gasteiger partial charge on any atom is -0.497 e. The highest BCUT2D eigenvalue weighted by molar-refractivity contribution is 7.44. The second-order valence-corrected chi connectivity index (χ2v) is 9.86. The minimum absolute atomic E-state index is 0.131. The Morgan fingerprint density at radius 3 is 2.91 bits per heavy atom. The molecular weight excluding hydrogens is 457 g/mol. The molecule has 5 aromatic rings. The average molecular weight is 477 g/mol. The molecule has 0 bridgehead atoms. The summed E-state index contributed by atoms with van der Waals surface area (Å²) in [5, 5.41) is 2.21. The van der Waals surface area contributed by atoms with Gasteiger partial charge in [-0.15, -0.1) is 11.3 Å². The second kappa shape index (κ2) is 8.06. The van der Waals surface area contributed by atoms with Crippen molar-refractivity contribution in [2.75, 3.05) is 7.11 Å². The molecule has 0 amide bonds. The van der Waals surface area contributed by atoms with Crippen LogP contribution < -0.4 is 15.6 Å². The van der Waals surface area contributed by atoms with Crippen LogP contribution >= 0.6 is 20.1 Å². The standard InChI is InChI=1S/C24H20N3O4PS/c1-30-14-7-8-16(18(9-14)13-5-6-13)22-26-23-20(17-3-2-4-19(32-29)21(17)33-23)24(28)27(22)11-15-10-25-12-31-15/h2-4,7-10,12-13,29,32H,5-6,11H2,1H3. The maximum Gasteiger partial charge on any atom is 0.263 e. The Balaban J connectivity index is 1.67. The van der Waals surface area contributed by atoms with Crippen molar-refractivity contribution in [3.63, 3.8) is 0 Å². The number of hydrogen-bond donors (Lipinski definition) is 1. The number of fused-ring (bicyclic) bond motifs is 3. The van der Waals surface area contributed by atoms with Crippen LogP contribution in [0.15, 0.2) is 58.2 Å². The maximum atomic E-state index is 13.9. The van der Waals surface area contributed by atoms with Crippen molar-refractivity contribution in [2.24, 2.45) is 0 Å². The van der Waals surface area contributed by atoms with Crippen molar-refractivity contribution in [3.8, 4) is 17.1 Å². The molecule has 1 N–H and O–H groups in total. The van der Waals surface area contributed by atoms with Crippen molar-refractivity contribution < 1.29 is 14.0 Å². The first kappa shape index (κ1) is 20.5. The lowest BCUT2D eigenvalue weighted by Crippen LogP contribution is -2.24. The Kier molecular flexibility index (Phi) is 5.02. The molecule has 0 aliphatic heterocycles. The van der Waals surface area contributed by atoms with Crippen molar-refractivity contribution in [1.29, 1.82) is 0 Å². The molecular formula is C24H20N3O4PS. The summed E-state index contributed by atoms with van der Waals surface area (Å²) < 4.78 is 13.5. The van der Waals surface area contributed by atoms with E-state index >= 15 is 0 Å². The van der Waals surface area contributed by atoms with E-state index in [1.807, 2.05) is 30.3 Å². The van der Waals surface area contributed by atoms with Gasteiger partial charge in [-0.1, -0.05) is 18.2 Å². The molecule has 9 heteroatoms. The number of thiophene rings is 1. The van der Waals surface area contributed by atoms with Gasteiger partial charge in [0.05, 0.1) is 25.2 Å². The van der Waals surface area contributed by atoms with Crippen LogP contribution in [0.5, 0.6) is 5.75 Å². The van der Waals surface area contributed by atoms with Crippen LogP contribution in [0.1, 0.15) is 30.1 Å². The van der Waals surface area contributed by atoms with E-state index in [0.717, 1.165) is 45.1 Å². The molecule has 3 aromatic heterocycles. The number of benzene rings is 2. The van der Waals surface area contributed by atoms with E-state index in [9.17, 15) is 9.69 Å². The first-order valence-corrected chi connectivity index (χ1v) is 12.4. The molecule has 166 valence electrons. The lowest BCUT2D eigenvalue weighted by molar-refractivity contribution is 0.414. The van der Waals surface area contributed by atoms with Gasteiger partial charge in [-0.3, -0.25) is 9.36 Å². The van der Waals surface area contributed by atoms with Crippen LogP contribution in [0.4, 0.5) is 0 Å². The Morgan fingerprint density at radius 1 is 1.30 bits per heavy atom. The number of rotatable bonds is 6. The summed E-state index contributed by atoms with van der Waals surface area (Å²) in [7, 11) is 1.31. The summed E-state index contributed by atoms with van der Waals surface area (Å²) in [6.07, 6.45) is 5.20. The zero-order valence-corrected chi connectivity index (χ0v) is 19.6. The van der Waals surface area contributed by atoms with Gasteiger partial charge in [0.15, 0.2) is 6.39 Å². The molecule has 7 nitrogen and oxygen atoms in total. The lowest BCUT2D eigenvalue weighted by Gasteiger charge is -2.15. The first-order valence-electron chi connectivity index (χ1n) is 10.6. The van der Waals surface area contributed by atoms with Gasteiger partial charge >= 0.3 is 0 Å². The lowest BCUT2D eigenvalue weighted by atomic mass is 10.0. The molecule has 33 heavy (non-hydrogen) atoms. The van der Waals surface area contributed by atoms with Gasteiger partial charge in [0.25, 0.3) is 5.56 Å². The predicted molar refractivity (Wildman–Crippen MR) is 131 cm³/mol. The van der Waals surface area contributed by atoms with E-state index in [1.54, 1.807) is 17.9 Å². The average Bonchev–Trinajstić information content (AvgIpc) is 3.42. The largest absolute Gasteiger partial charge is 0.497 e. The summed E-state index contributed by atoms with van der Waals surface area (Å²) in [5.41, 5.74) is 1.94. The third-order valence-corrected chi connectivity index (χ3v) is 8.03. The zero-order chi connectivity index (χ0) is 22.5. The Bertz CT molecular complexity index is 1550. The number of methoxy groups -OCH3 is 1. The van der Waals surface area contributed by atoms with Gasteiger partial charge in [-0.2, -0.15) is 0 Å². The van der Waals surface area contributed by atoms with Gasteiger partial charge < -0.3 is 14.0 Å². The van der Waals surface area contributed by atoms with Crippen LogP contribution in [-0.4, -0.2) is 26.5 Å². The highest BCUT2D eigenvalue weighted by Gasteiger charge is 2.29. The molecule has 6 rings (SSSR count). The Labute approximate surface area is 194 Å². The predicted octanol–water partition coefficient (Wildman–Crippen LogP) is 4.41. The van der Waals surface area contributed by atoms with Gasteiger partial charge in [0, 0.05) is 29.8 Å². The maximum absolute atomic E-state index is 13.9. The summed E-state index contributed by atoms with van der Waals surface area (Å²) in [5.74, 6) is 2.42. The van der Waals surface area contributed by atoms with Crippen LogP contribution in [0.3, 0.4) is 0 Å². The Morgan fingerprint density at radius 2 is 2.18 bits per heavy atom. The SMILES string of the molecule is COc1ccc(-c2nc3sc4c(PO)cccc4c3c(=O)n2Cc2cnco2)c(C2CC2)c1. The van der Waals surface area contributed by atoms with E-state index in [1.165, 1.54) is 17.7 Å². The summed E-state index contributed by atoms with van der Waals surface area (Å²) >= 11 is 1.45. The van der Waals surface area contributed by atoms with Crippen molar-refractivity contribution in [1.82, 2.24) is 14.5 Å². The fraction of sp³-hybridized carbons (Fsp3) is 0.208. The Hall–Kier alpha value is -3.06. The molecule has 1 aliphatic rings. The van der Waals surface area contributed by atoms with E-state index in [2.05, 4.69) is 11.1 Å². The quantitative estimate of drug-likeness (QED) is 0.365. The fourth-order valence-corrected chi connectivity index (χ4v) is 6.08. The fourth-order valence-electron chi connectivity index (χ4n) is 4.30. The topological polar surface area (TPSA) is 90.4 Å². The number of nitrogens with zero attached hydrogens (tertiary/aromatic N) is 3. The third kappa shape index (κ3) is 3.46. The van der Waals surface area contributed by atoms with Crippen LogP contribution in [0, 0.1) is 0 Å². The highest BCUT2D eigenvalue weighted by atomic mass is 32.1. The van der Waals surface area contributed by atoms with Crippen LogP contribution in [0.25, 0.3) is 31.7 Å². The van der Waals surface area contributed by atoms with E-state index < -0.39 is 0 Å². The summed E-state index contributed by atoms with van der Waals surface area (Å²) in [6, 6.07) is 11.6. The highest BCUT2D eigenvalue weighted by Crippen LogP contribution is 2.45. The first-order chi connectivity index (χ1) is 16.2. The number of ether oxygens (including phenoxy) is 1. The molecule has 2 aromatic carbocycles. The monoisotopic (exact) mass is 477 g/mol. The molecule has 1 unspecified atom stereocenters. The summed E-state index contributed by atoms with van der Waals surface area (Å²) in [4.78, 5) is 33.5. The van der Waals surface area contributed by atoms with Gasteiger partial charge in [0.1, 0.15) is 22.2 Å². The number of aromatic nitrogens is 3. The molecule has 1 atom stereocenters. The van der Waals surface area contributed by atoms with Crippen LogP contribution in [-0.2, 0) is 6.54 Å². The van der Waals surface area contributed by atoms with Crippen molar-refractivity contribution >= 4 is 45.8 Å². The molecule has 0 radical (unpaired) electrons. The second-order valence-electron chi connectivity index (χ2n) is 8.10. The van der Waals surface area contributed by atoms with Crippen LogP contribution in [0.2, 0.25) is 0 Å². The number of oxazole rings is 1. The molecule has 1 fully saturated rings. The van der Waals surface area contributed by atoms with Gasteiger partial charge in [-0.05, 0) is 42.5 Å².